The average Bonchev–Trinajstić information content (AvgIpc) is 2.66. The number of amidine groups is 1. The van der Waals surface area contributed by atoms with E-state index in [1.807, 2.05) is 43.1 Å². The summed E-state index contributed by atoms with van der Waals surface area (Å²) in [5.74, 6) is -0.133. The van der Waals surface area contributed by atoms with Gasteiger partial charge in [-0.3, -0.25) is 9.59 Å². The van der Waals surface area contributed by atoms with Crippen molar-refractivity contribution in [2.24, 2.45) is 4.99 Å². The lowest BCUT2D eigenvalue weighted by molar-refractivity contribution is -0.115. The van der Waals surface area contributed by atoms with Gasteiger partial charge in [-0.15, -0.1) is 0 Å². The van der Waals surface area contributed by atoms with Crippen LogP contribution in [0.3, 0.4) is 0 Å². The van der Waals surface area contributed by atoms with Crippen molar-refractivity contribution in [2.75, 3.05) is 12.4 Å². The average molecular weight is 379 g/mol. The molecule has 0 saturated carbocycles. The van der Waals surface area contributed by atoms with E-state index < -0.39 is 0 Å². The van der Waals surface area contributed by atoms with Gasteiger partial charge in [0, 0.05) is 29.6 Å². The highest BCUT2D eigenvalue weighted by Gasteiger charge is 2.25. The lowest BCUT2D eigenvalue weighted by atomic mass is 10.1. The number of Topliss-reactive ketones (excluding diaryl/α,β-unsaturated/α-hetero) is 1. The SMILES string of the molecule is C=C1c2ccccc2N=C(S[C@@H](C)C(=O)Nc2ccc(C(C)=O)cc2)N1C. The highest BCUT2D eigenvalue weighted by atomic mass is 32.2. The molecule has 1 atom stereocenters. The highest BCUT2D eigenvalue weighted by Crippen LogP contribution is 2.35. The summed E-state index contributed by atoms with van der Waals surface area (Å²) in [7, 11) is 1.90. The van der Waals surface area contributed by atoms with Gasteiger partial charge in [0.05, 0.1) is 10.9 Å². The van der Waals surface area contributed by atoms with E-state index in [0.717, 1.165) is 22.1 Å². The normalized spacial score (nSPS) is 14.3. The Morgan fingerprint density at radius 2 is 1.81 bits per heavy atom. The second-order valence-electron chi connectivity index (χ2n) is 6.30. The maximum atomic E-state index is 12.5. The van der Waals surface area contributed by atoms with E-state index in [9.17, 15) is 9.59 Å². The van der Waals surface area contributed by atoms with Crippen LogP contribution in [0.4, 0.5) is 11.4 Å². The van der Waals surface area contributed by atoms with Gasteiger partial charge in [-0.1, -0.05) is 36.5 Å². The molecule has 1 aliphatic rings. The minimum absolute atomic E-state index is 0.00402. The largest absolute Gasteiger partial charge is 0.325 e. The molecule has 138 valence electrons. The maximum absolute atomic E-state index is 12.5. The molecule has 0 unspecified atom stereocenters. The van der Waals surface area contributed by atoms with Gasteiger partial charge in [0.2, 0.25) is 5.91 Å². The molecular weight excluding hydrogens is 358 g/mol. The zero-order chi connectivity index (χ0) is 19.6. The third-order valence-corrected chi connectivity index (χ3v) is 5.48. The van der Waals surface area contributed by atoms with Crippen molar-refractivity contribution in [3.05, 3.63) is 66.2 Å². The van der Waals surface area contributed by atoms with Crippen molar-refractivity contribution in [1.29, 1.82) is 0 Å². The number of benzene rings is 2. The van der Waals surface area contributed by atoms with Gasteiger partial charge in [0.15, 0.2) is 11.0 Å². The van der Waals surface area contributed by atoms with Crippen LogP contribution in [0.1, 0.15) is 29.8 Å². The van der Waals surface area contributed by atoms with Crippen LogP contribution in [0.25, 0.3) is 5.70 Å². The number of hydrogen-bond acceptors (Lipinski definition) is 5. The molecular formula is C21H21N3O2S. The Morgan fingerprint density at radius 3 is 2.48 bits per heavy atom. The molecule has 2 aromatic rings. The van der Waals surface area contributed by atoms with Gasteiger partial charge in [0.1, 0.15) is 0 Å². The third-order valence-electron chi connectivity index (χ3n) is 4.33. The fourth-order valence-electron chi connectivity index (χ4n) is 2.64. The first-order valence-electron chi connectivity index (χ1n) is 8.56. The number of amides is 1. The molecule has 2 aromatic carbocycles. The lowest BCUT2D eigenvalue weighted by Crippen LogP contribution is -2.30. The van der Waals surface area contributed by atoms with Crippen molar-refractivity contribution < 1.29 is 9.59 Å². The summed E-state index contributed by atoms with van der Waals surface area (Å²) in [5, 5.41) is 3.26. The van der Waals surface area contributed by atoms with Crippen LogP contribution in [0, 0.1) is 0 Å². The number of carbonyl (C=O) groups is 2. The first kappa shape index (κ1) is 18.9. The number of ketones is 1. The molecule has 1 amide bonds. The molecule has 1 aliphatic heterocycles. The van der Waals surface area contributed by atoms with Crippen molar-refractivity contribution in [3.63, 3.8) is 0 Å². The second-order valence-corrected chi connectivity index (χ2v) is 7.61. The van der Waals surface area contributed by atoms with Crippen molar-refractivity contribution in [2.45, 2.75) is 19.1 Å². The molecule has 0 saturated heterocycles. The number of thioether (sulfide) groups is 1. The molecule has 1 heterocycles. The molecule has 0 bridgehead atoms. The number of nitrogens with one attached hydrogen (secondary N) is 1. The lowest BCUT2D eigenvalue weighted by Gasteiger charge is -2.29. The number of fused-ring (bicyclic) bond motifs is 1. The quantitative estimate of drug-likeness (QED) is 0.792. The standard InChI is InChI=1S/C21H21N3O2S/c1-13-18-7-5-6-8-19(18)23-21(24(13)4)27-15(3)20(26)22-17-11-9-16(10-12-17)14(2)25/h5-12,15H,1H2,2-4H3,(H,22,26)/t15-/m0/s1. The number of anilines is 1. The Labute approximate surface area is 163 Å². The van der Waals surface area contributed by atoms with Gasteiger partial charge in [-0.05, 0) is 44.2 Å². The minimum atomic E-state index is -0.350. The van der Waals surface area contributed by atoms with Gasteiger partial charge in [-0.25, -0.2) is 4.99 Å². The molecule has 5 nitrogen and oxygen atoms in total. The summed E-state index contributed by atoms with van der Waals surface area (Å²) in [6.45, 7) is 7.48. The second kappa shape index (κ2) is 7.80. The van der Waals surface area contributed by atoms with Crippen LogP contribution >= 0.6 is 11.8 Å². The topological polar surface area (TPSA) is 61.8 Å². The summed E-state index contributed by atoms with van der Waals surface area (Å²) in [5.41, 5.74) is 3.98. The van der Waals surface area contributed by atoms with Crippen molar-refractivity contribution in [1.82, 2.24) is 4.90 Å². The zero-order valence-electron chi connectivity index (χ0n) is 15.5. The van der Waals surface area contributed by atoms with Crippen LogP contribution in [-0.4, -0.2) is 34.1 Å². The zero-order valence-corrected chi connectivity index (χ0v) is 16.3. The van der Waals surface area contributed by atoms with Gasteiger partial charge >= 0.3 is 0 Å². The molecule has 0 aliphatic carbocycles. The number of carbonyl (C=O) groups excluding carboxylic acids is 2. The fraction of sp³-hybridized carbons (Fsp3) is 0.190. The summed E-state index contributed by atoms with van der Waals surface area (Å²) < 4.78 is 0. The van der Waals surface area contributed by atoms with Crippen LogP contribution < -0.4 is 5.32 Å². The fourth-order valence-corrected chi connectivity index (χ4v) is 3.54. The Morgan fingerprint density at radius 1 is 1.15 bits per heavy atom. The first-order valence-corrected chi connectivity index (χ1v) is 9.44. The molecule has 0 fully saturated rings. The van der Waals surface area contributed by atoms with Crippen molar-refractivity contribution in [3.8, 4) is 0 Å². The molecule has 3 rings (SSSR count). The maximum Gasteiger partial charge on any atom is 0.237 e. The van der Waals surface area contributed by atoms with Gasteiger partial charge < -0.3 is 10.2 Å². The number of rotatable bonds is 4. The van der Waals surface area contributed by atoms with E-state index in [1.54, 1.807) is 24.3 Å². The Hall–Kier alpha value is -2.86. The number of hydrogen-bond donors (Lipinski definition) is 1. The van der Waals surface area contributed by atoms with Crippen LogP contribution in [0.15, 0.2) is 60.1 Å². The molecule has 1 N–H and O–H groups in total. The molecule has 0 spiro atoms. The van der Waals surface area contributed by atoms with Crippen LogP contribution in [-0.2, 0) is 4.79 Å². The predicted molar refractivity (Wildman–Crippen MR) is 112 cm³/mol. The van der Waals surface area contributed by atoms with Crippen LogP contribution in [0.2, 0.25) is 0 Å². The summed E-state index contributed by atoms with van der Waals surface area (Å²) in [6.07, 6.45) is 0. The molecule has 0 aromatic heterocycles. The minimum Gasteiger partial charge on any atom is -0.325 e. The molecule has 0 radical (unpaired) electrons. The number of aliphatic imine (C=N–C) groups is 1. The van der Waals surface area contributed by atoms with E-state index in [1.165, 1.54) is 18.7 Å². The Kier molecular flexibility index (Phi) is 5.46. The smallest absolute Gasteiger partial charge is 0.237 e. The molecule has 27 heavy (non-hydrogen) atoms. The van der Waals surface area contributed by atoms with E-state index in [4.69, 9.17) is 0 Å². The Bertz CT molecular complexity index is 935. The number of para-hydroxylation sites is 1. The predicted octanol–water partition coefficient (Wildman–Crippen LogP) is 4.55. The first-order chi connectivity index (χ1) is 12.9. The summed E-state index contributed by atoms with van der Waals surface area (Å²) >= 11 is 1.38. The highest BCUT2D eigenvalue weighted by molar-refractivity contribution is 8.14. The monoisotopic (exact) mass is 379 g/mol. The van der Waals surface area contributed by atoms with Crippen LogP contribution in [0.5, 0.6) is 0 Å². The van der Waals surface area contributed by atoms with Crippen molar-refractivity contribution >= 4 is 45.7 Å². The Balaban J connectivity index is 1.70. The van der Waals surface area contributed by atoms with E-state index in [2.05, 4.69) is 16.9 Å². The van der Waals surface area contributed by atoms with E-state index in [-0.39, 0.29) is 16.9 Å². The third kappa shape index (κ3) is 4.11. The molecule has 6 heteroatoms. The van der Waals surface area contributed by atoms with Gasteiger partial charge in [0.25, 0.3) is 0 Å². The summed E-state index contributed by atoms with van der Waals surface area (Å²) in [6, 6.07) is 14.7. The van der Waals surface area contributed by atoms with E-state index in [0.29, 0.717) is 11.3 Å². The summed E-state index contributed by atoms with van der Waals surface area (Å²) in [4.78, 5) is 30.4. The van der Waals surface area contributed by atoms with Gasteiger partial charge in [-0.2, -0.15) is 0 Å². The number of nitrogens with zero attached hydrogens (tertiary/aromatic N) is 2. The van der Waals surface area contributed by atoms with E-state index >= 15 is 0 Å².